The average molecular weight is 394 g/mol. The molecule has 0 bridgehead atoms. The van der Waals surface area contributed by atoms with Gasteiger partial charge in [-0.2, -0.15) is 0 Å². The lowest BCUT2D eigenvalue weighted by Gasteiger charge is -2.12. The molecule has 0 aliphatic carbocycles. The van der Waals surface area contributed by atoms with E-state index in [2.05, 4.69) is 5.32 Å². The van der Waals surface area contributed by atoms with Crippen LogP contribution >= 0.6 is 23.2 Å². The fourth-order valence-electron chi connectivity index (χ4n) is 2.13. The zero-order valence-electron chi connectivity index (χ0n) is 13.2. The number of anilines is 1. The summed E-state index contributed by atoms with van der Waals surface area (Å²) in [7, 11) is 0. The molecule has 9 heteroatoms. The maximum atomic E-state index is 11.0. The quantitative estimate of drug-likeness (QED) is 0.276. The van der Waals surface area contributed by atoms with Crippen LogP contribution in [0.1, 0.15) is 11.1 Å². The molecule has 2 aromatic rings. The molecule has 3 N–H and O–H groups in total. The predicted octanol–water partition coefficient (Wildman–Crippen LogP) is 4.52. The summed E-state index contributed by atoms with van der Waals surface area (Å²) < 4.78 is 0. The fraction of sp³-hybridized carbons (Fsp3) is 0.0588. The van der Waals surface area contributed by atoms with Crippen molar-refractivity contribution in [3.63, 3.8) is 0 Å². The Morgan fingerprint density at radius 3 is 2.58 bits per heavy atom. The second kappa shape index (κ2) is 8.46. The minimum Gasteiger partial charge on any atom is -0.478 e. The molecule has 0 aliphatic heterocycles. The molecule has 0 aliphatic rings. The molecule has 134 valence electrons. The summed E-state index contributed by atoms with van der Waals surface area (Å²) in [5.41, 5.74) is 1.07. The molecule has 0 aromatic heterocycles. The summed E-state index contributed by atoms with van der Waals surface area (Å²) in [6.45, 7) is 0.236. The van der Waals surface area contributed by atoms with Gasteiger partial charge in [0.05, 0.1) is 16.3 Å². The van der Waals surface area contributed by atoms with Gasteiger partial charge in [-0.15, -0.1) is 0 Å². The van der Waals surface area contributed by atoms with Gasteiger partial charge in [-0.3, -0.25) is 10.1 Å². The molecule has 26 heavy (non-hydrogen) atoms. The van der Waals surface area contributed by atoms with Crippen LogP contribution in [0.5, 0.6) is 0 Å². The van der Waals surface area contributed by atoms with E-state index in [0.29, 0.717) is 26.9 Å². The van der Waals surface area contributed by atoms with Gasteiger partial charge in [-0.05, 0) is 29.8 Å². The second-order valence-electron chi connectivity index (χ2n) is 5.16. The number of nitro benzene ring substituents is 1. The number of allylic oxidation sites excluding steroid dienone is 1. The lowest BCUT2D eigenvalue weighted by molar-refractivity contribution is -0.384. The number of nitrogens with one attached hydrogen (secondary N) is 2. The van der Waals surface area contributed by atoms with Crippen LogP contribution in [0, 0.1) is 15.5 Å². The van der Waals surface area contributed by atoms with E-state index in [9.17, 15) is 14.9 Å². The van der Waals surface area contributed by atoms with Gasteiger partial charge in [0.1, 0.15) is 0 Å². The molecular formula is C17H13Cl2N3O4. The predicted molar refractivity (Wildman–Crippen MR) is 100 cm³/mol. The van der Waals surface area contributed by atoms with Gasteiger partial charge in [0, 0.05) is 40.4 Å². The Labute approximate surface area is 158 Å². The highest BCUT2D eigenvalue weighted by Gasteiger charge is 2.13. The Morgan fingerprint density at radius 1 is 1.23 bits per heavy atom. The summed E-state index contributed by atoms with van der Waals surface area (Å²) in [6, 6.07) is 8.87. The molecular weight excluding hydrogens is 381 g/mol. The monoisotopic (exact) mass is 393 g/mol. The van der Waals surface area contributed by atoms with E-state index in [1.807, 2.05) is 0 Å². The van der Waals surface area contributed by atoms with Crippen molar-refractivity contribution in [3.8, 4) is 0 Å². The van der Waals surface area contributed by atoms with Crippen LogP contribution in [0.3, 0.4) is 0 Å². The number of hydrogen-bond donors (Lipinski definition) is 3. The number of non-ortho nitro benzene ring substituents is 1. The highest BCUT2D eigenvalue weighted by molar-refractivity contribution is 6.35. The third-order valence-electron chi connectivity index (χ3n) is 3.38. The first-order valence-electron chi connectivity index (χ1n) is 7.24. The summed E-state index contributed by atoms with van der Waals surface area (Å²) in [5.74, 6) is -1.20. The Kier molecular flexibility index (Phi) is 6.32. The molecule has 0 saturated carbocycles. The molecule has 7 nitrogen and oxygen atoms in total. The van der Waals surface area contributed by atoms with Crippen molar-refractivity contribution in [2.24, 2.45) is 0 Å². The maximum Gasteiger partial charge on any atom is 0.328 e. The molecule has 0 radical (unpaired) electrons. The molecule has 0 heterocycles. The molecule has 2 aromatic carbocycles. The Hall–Kier alpha value is -2.90. The van der Waals surface area contributed by atoms with Crippen LogP contribution in [0.25, 0.3) is 0 Å². The summed E-state index contributed by atoms with van der Waals surface area (Å²) in [6.07, 6.45) is 1.92. The van der Waals surface area contributed by atoms with Gasteiger partial charge in [0.2, 0.25) is 0 Å². The molecule has 0 fully saturated rings. The van der Waals surface area contributed by atoms with E-state index < -0.39 is 10.9 Å². The molecule has 0 spiro atoms. The van der Waals surface area contributed by atoms with Crippen LogP contribution in [-0.4, -0.2) is 21.7 Å². The fourth-order valence-corrected chi connectivity index (χ4v) is 2.60. The number of hydrogen-bond acceptors (Lipinski definition) is 5. The number of carbonyl (C=O) groups is 1. The van der Waals surface area contributed by atoms with Crippen molar-refractivity contribution in [2.45, 2.75) is 6.54 Å². The number of aliphatic carboxylic acids is 1. The van der Waals surface area contributed by atoms with Crippen molar-refractivity contribution < 1.29 is 14.8 Å². The molecule has 0 atom stereocenters. The largest absolute Gasteiger partial charge is 0.478 e. The van der Waals surface area contributed by atoms with Gasteiger partial charge in [-0.1, -0.05) is 29.3 Å². The van der Waals surface area contributed by atoms with Gasteiger partial charge in [0.15, 0.2) is 0 Å². The first-order valence-corrected chi connectivity index (χ1v) is 7.99. The number of carboxylic acid groups (broad SMARTS) is 1. The summed E-state index contributed by atoms with van der Waals surface area (Å²) in [4.78, 5) is 21.1. The molecule has 0 unspecified atom stereocenters. The van der Waals surface area contributed by atoms with E-state index >= 15 is 0 Å². The average Bonchev–Trinajstić information content (AvgIpc) is 2.58. The minimum atomic E-state index is -1.20. The number of carboxylic acids is 1. The van der Waals surface area contributed by atoms with Crippen LogP contribution < -0.4 is 5.32 Å². The normalized spacial score (nSPS) is 10.7. The van der Waals surface area contributed by atoms with Crippen LogP contribution in [0.4, 0.5) is 11.4 Å². The SMILES string of the molecule is N=C(/C=C/C(=O)O)c1ccc([N+](=O)[O-])cc1NCc1ccc(Cl)cc1Cl. The van der Waals surface area contributed by atoms with E-state index in [-0.39, 0.29) is 17.9 Å². The smallest absolute Gasteiger partial charge is 0.328 e. The van der Waals surface area contributed by atoms with Gasteiger partial charge in [-0.25, -0.2) is 4.79 Å². The number of rotatable bonds is 7. The molecule has 2 rings (SSSR count). The van der Waals surface area contributed by atoms with Gasteiger partial charge < -0.3 is 15.8 Å². The summed E-state index contributed by atoms with van der Waals surface area (Å²) in [5, 5.41) is 31.6. The zero-order valence-corrected chi connectivity index (χ0v) is 14.7. The zero-order chi connectivity index (χ0) is 19.3. The van der Waals surface area contributed by atoms with Crippen molar-refractivity contribution in [1.29, 1.82) is 5.41 Å². The Bertz CT molecular complexity index is 913. The molecule has 0 saturated heterocycles. The topological polar surface area (TPSA) is 116 Å². The highest BCUT2D eigenvalue weighted by Crippen LogP contribution is 2.26. The second-order valence-corrected chi connectivity index (χ2v) is 6.01. The van der Waals surface area contributed by atoms with Crippen LogP contribution in [0.2, 0.25) is 10.0 Å². The standard InChI is InChI=1S/C17H13Cl2N3O4/c18-11-2-1-10(14(19)7-11)9-21-16-8-12(22(25)26)3-4-13(16)15(20)5-6-17(23)24/h1-8,20-21H,9H2,(H,23,24)/b6-5+,20-15?. The number of nitro groups is 1. The van der Waals surface area contributed by atoms with Crippen molar-refractivity contribution in [1.82, 2.24) is 0 Å². The Balaban J connectivity index is 2.33. The van der Waals surface area contributed by atoms with Crippen molar-refractivity contribution in [3.05, 3.63) is 79.8 Å². The maximum absolute atomic E-state index is 11.0. The third kappa shape index (κ3) is 5.05. The highest BCUT2D eigenvalue weighted by atomic mass is 35.5. The lowest BCUT2D eigenvalue weighted by atomic mass is 10.1. The van der Waals surface area contributed by atoms with E-state index in [4.69, 9.17) is 33.7 Å². The first kappa shape index (κ1) is 19.4. The lowest BCUT2D eigenvalue weighted by Crippen LogP contribution is -2.07. The number of nitrogens with zero attached hydrogens (tertiary/aromatic N) is 1. The first-order chi connectivity index (χ1) is 12.3. The van der Waals surface area contributed by atoms with Crippen LogP contribution in [0.15, 0.2) is 48.6 Å². The minimum absolute atomic E-state index is 0.105. The van der Waals surface area contributed by atoms with E-state index in [1.165, 1.54) is 18.2 Å². The van der Waals surface area contributed by atoms with Crippen molar-refractivity contribution in [2.75, 3.05) is 5.32 Å². The Morgan fingerprint density at radius 2 is 1.96 bits per heavy atom. The third-order valence-corrected chi connectivity index (χ3v) is 3.97. The number of benzene rings is 2. The summed E-state index contributed by atoms with van der Waals surface area (Å²) >= 11 is 12.0. The number of halogens is 2. The molecule has 0 amide bonds. The van der Waals surface area contributed by atoms with Crippen molar-refractivity contribution >= 4 is 46.3 Å². The van der Waals surface area contributed by atoms with E-state index in [0.717, 1.165) is 12.2 Å². The van der Waals surface area contributed by atoms with Gasteiger partial charge >= 0.3 is 5.97 Å². The van der Waals surface area contributed by atoms with Gasteiger partial charge in [0.25, 0.3) is 5.69 Å². The van der Waals surface area contributed by atoms with E-state index in [1.54, 1.807) is 18.2 Å². The van der Waals surface area contributed by atoms with Crippen LogP contribution in [-0.2, 0) is 11.3 Å².